The summed E-state index contributed by atoms with van der Waals surface area (Å²) in [5.74, 6) is -0.180. The second-order valence-electron chi connectivity index (χ2n) is 2.48. The highest BCUT2D eigenvalue weighted by molar-refractivity contribution is 7.71. The van der Waals surface area contributed by atoms with Crippen molar-refractivity contribution in [1.29, 1.82) is 0 Å². The summed E-state index contributed by atoms with van der Waals surface area (Å²) in [5.41, 5.74) is 8.58. The summed E-state index contributed by atoms with van der Waals surface area (Å²) in [7, 11) is -0.852. The molecule has 0 aliphatic heterocycles. The van der Waals surface area contributed by atoms with E-state index in [1.165, 1.54) is 14.2 Å². The van der Waals surface area contributed by atoms with Crippen LogP contribution in [0.5, 0.6) is 0 Å². The van der Waals surface area contributed by atoms with Crippen molar-refractivity contribution in [2.24, 2.45) is 5.92 Å². The Morgan fingerprint density at radius 2 is 1.83 bits per heavy atom. The minimum absolute atomic E-state index is 0.0347. The minimum Gasteiger partial charge on any atom is -0.361 e. The van der Waals surface area contributed by atoms with E-state index in [9.17, 15) is 4.57 Å². The molecule has 12 heavy (non-hydrogen) atoms. The Kier molecular flexibility index (Phi) is 4.35. The zero-order chi connectivity index (χ0) is 9.78. The second kappa shape index (κ2) is 4.53. The molecule has 0 aliphatic carbocycles. The lowest BCUT2D eigenvalue weighted by atomic mass is 10.2. The van der Waals surface area contributed by atoms with E-state index in [1.807, 2.05) is 0 Å². The molecule has 0 radical (unpaired) electrons. The summed E-state index contributed by atoms with van der Waals surface area (Å²) in [6, 6.07) is 0. The van der Waals surface area contributed by atoms with Gasteiger partial charge in [-0.25, -0.2) is 4.57 Å². The third-order valence-electron chi connectivity index (χ3n) is 1.38. The van der Waals surface area contributed by atoms with Crippen LogP contribution in [0.15, 0.2) is 0 Å². The van der Waals surface area contributed by atoms with E-state index in [0.29, 0.717) is 0 Å². The van der Waals surface area contributed by atoms with E-state index in [4.69, 9.17) is 5.53 Å². The fourth-order valence-corrected chi connectivity index (χ4v) is 2.01. The monoisotopic (exact) mass is 192 g/mol. The summed E-state index contributed by atoms with van der Waals surface area (Å²) in [6.07, 6.45) is 0. The standard InChI is InChI=1S/C6H13N2O3P/c1-5(2)6(8-7)12(9,10-3)11-4/h5H,1-4H3. The first-order chi connectivity index (χ1) is 5.51. The molecule has 0 heterocycles. The molecule has 0 bridgehead atoms. The van der Waals surface area contributed by atoms with Crippen molar-refractivity contribution in [1.82, 2.24) is 0 Å². The molecule has 0 aromatic carbocycles. The van der Waals surface area contributed by atoms with Crippen LogP contribution in [0.3, 0.4) is 0 Å². The van der Waals surface area contributed by atoms with Crippen LogP contribution in [-0.2, 0) is 13.6 Å². The first-order valence-corrected chi connectivity index (χ1v) is 5.00. The molecule has 6 heteroatoms. The lowest BCUT2D eigenvalue weighted by molar-refractivity contribution is -0.00930. The van der Waals surface area contributed by atoms with Gasteiger partial charge in [-0.2, -0.15) is 4.79 Å². The van der Waals surface area contributed by atoms with Gasteiger partial charge in [-0.3, -0.25) is 0 Å². The molecule has 0 amide bonds. The van der Waals surface area contributed by atoms with Gasteiger partial charge < -0.3 is 14.6 Å². The van der Waals surface area contributed by atoms with E-state index in [2.05, 4.69) is 13.8 Å². The van der Waals surface area contributed by atoms with Crippen molar-refractivity contribution in [2.75, 3.05) is 14.2 Å². The Hall–Kier alpha value is -0.470. The Bertz CT molecular complexity index is 237. The number of rotatable bonds is 4. The maximum absolute atomic E-state index is 11.6. The highest BCUT2D eigenvalue weighted by Gasteiger charge is 2.39. The van der Waals surface area contributed by atoms with Crippen LogP contribution in [0.2, 0.25) is 0 Å². The summed E-state index contributed by atoms with van der Waals surface area (Å²) in [6.45, 7) is 3.47. The van der Waals surface area contributed by atoms with E-state index in [-0.39, 0.29) is 11.4 Å². The average Bonchev–Trinajstić information content (AvgIpc) is 2.04. The summed E-state index contributed by atoms with van der Waals surface area (Å²) in [4.78, 5) is 2.90. The summed E-state index contributed by atoms with van der Waals surface area (Å²) < 4.78 is 20.9. The molecule has 0 spiro atoms. The van der Waals surface area contributed by atoms with E-state index < -0.39 is 7.60 Å². The maximum Gasteiger partial charge on any atom is 0.437 e. The van der Waals surface area contributed by atoms with Gasteiger partial charge >= 0.3 is 13.0 Å². The molecular weight excluding hydrogens is 179 g/mol. The lowest BCUT2D eigenvalue weighted by Crippen LogP contribution is -2.11. The van der Waals surface area contributed by atoms with Crippen LogP contribution in [0.4, 0.5) is 0 Å². The number of nitrogens with zero attached hydrogens (tertiary/aromatic N) is 2. The molecular formula is C6H13N2O3P. The van der Waals surface area contributed by atoms with Gasteiger partial charge in [0.05, 0.1) is 5.92 Å². The van der Waals surface area contributed by atoms with Gasteiger partial charge in [-0.05, 0) is 0 Å². The van der Waals surface area contributed by atoms with Gasteiger partial charge in [-0.1, -0.05) is 13.8 Å². The Labute approximate surface area is 71.8 Å². The van der Waals surface area contributed by atoms with Gasteiger partial charge in [0.2, 0.25) is 0 Å². The third kappa shape index (κ3) is 2.26. The van der Waals surface area contributed by atoms with Crippen molar-refractivity contribution < 1.29 is 18.4 Å². The van der Waals surface area contributed by atoms with Gasteiger partial charge in [0.1, 0.15) is 0 Å². The molecule has 0 atom stereocenters. The van der Waals surface area contributed by atoms with Gasteiger partial charge in [-0.15, -0.1) is 0 Å². The Morgan fingerprint density at radius 1 is 1.42 bits per heavy atom. The van der Waals surface area contributed by atoms with Crippen LogP contribution < -0.4 is 0 Å². The van der Waals surface area contributed by atoms with Crippen LogP contribution in [0, 0.1) is 5.92 Å². The van der Waals surface area contributed by atoms with Gasteiger partial charge in [0.15, 0.2) is 0 Å². The predicted molar refractivity (Wildman–Crippen MR) is 45.1 cm³/mol. The molecule has 0 aliphatic rings. The molecule has 0 aromatic rings. The first-order valence-electron chi connectivity index (χ1n) is 3.45. The van der Waals surface area contributed by atoms with Crippen molar-refractivity contribution in [3.05, 3.63) is 5.53 Å². The Balaban J connectivity index is 4.97. The molecule has 70 valence electrons. The smallest absolute Gasteiger partial charge is 0.361 e. The van der Waals surface area contributed by atoms with Crippen LogP contribution in [0.1, 0.15) is 13.8 Å². The highest BCUT2D eigenvalue weighted by Crippen LogP contribution is 2.49. The topological polar surface area (TPSA) is 71.9 Å². The minimum atomic E-state index is -3.35. The number of hydrogen-bond acceptors (Lipinski definition) is 3. The van der Waals surface area contributed by atoms with Crippen molar-refractivity contribution in [2.45, 2.75) is 13.8 Å². The maximum atomic E-state index is 11.6. The van der Waals surface area contributed by atoms with E-state index >= 15 is 0 Å². The molecule has 0 unspecified atom stereocenters. The quantitative estimate of drug-likeness (QED) is 0.295. The van der Waals surface area contributed by atoms with Crippen molar-refractivity contribution in [3.8, 4) is 0 Å². The average molecular weight is 192 g/mol. The Morgan fingerprint density at radius 3 is 1.92 bits per heavy atom. The summed E-state index contributed by atoms with van der Waals surface area (Å²) >= 11 is 0. The molecule has 0 N–H and O–H groups in total. The van der Waals surface area contributed by atoms with Crippen LogP contribution in [0.25, 0.3) is 5.53 Å². The van der Waals surface area contributed by atoms with E-state index in [1.54, 1.807) is 13.8 Å². The SMILES string of the molecule is COP(=O)(OC)C(=[N+]=[N-])C(C)C. The summed E-state index contributed by atoms with van der Waals surface area (Å²) in [5, 5.41) is 0. The molecule has 0 saturated carbocycles. The predicted octanol–water partition coefficient (Wildman–Crippen LogP) is 1.76. The van der Waals surface area contributed by atoms with Crippen molar-refractivity contribution >= 4 is 13.0 Å². The molecule has 0 aromatic heterocycles. The van der Waals surface area contributed by atoms with E-state index in [0.717, 1.165) is 0 Å². The van der Waals surface area contributed by atoms with Gasteiger partial charge in [0, 0.05) is 14.2 Å². The zero-order valence-corrected chi connectivity index (χ0v) is 8.54. The largest absolute Gasteiger partial charge is 0.437 e. The first kappa shape index (κ1) is 11.5. The molecule has 0 saturated heterocycles. The van der Waals surface area contributed by atoms with Crippen LogP contribution in [-0.4, -0.2) is 24.5 Å². The molecule has 0 fully saturated rings. The van der Waals surface area contributed by atoms with Crippen LogP contribution >= 0.6 is 7.60 Å². The fraction of sp³-hybridized carbons (Fsp3) is 0.833. The third-order valence-corrected chi connectivity index (χ3v) is 3.51. The van der Waals surface area contributed by atoms with Gasteiger partial charge in [0.25, 0.3) is 0 Å². The zero-order valence-electron chi connectivity index (χ0n) is 7.64. The molecule has 0 rings (SSSR count). The number of hydrogen-bond donors (Lipinski definition) is 0. The fourth-order valence-electron chi connectivity index (χ4n) is 0.748. The highest BCUT2D eigenvalue weighted by atomic mass is 31.2. The lowest BCUT2D eigenvalue weighted by Gasteiger charge is -2.09. The molecule has 5 nitrogen and oxygen atoms in total. The van der Waals surface area contributed by atoms with Crippen molar-refractivity contribution in [3.63, 3.8) is 0 Å². The normalized spacial score (nSPS) is 11.4. The second-order valence-corrected chi connectivity index (χ2v) is 4.66.